The minimum Gasteiger partial charge on any atom is -0.325 e. The zero-order valence-electron chi connectivity index (χ0n) is 16.1. The lowest BCUT2D eigenvalue weighted by Gasteiger charge is -2.13. The number of aromatic nitrogens is 1. The fourth-order valence-corrected chi connectivity index (χ4v) is 4.39. The Labute approximate surface area is 173 Å². The highest BCUT2D eigenvalue weighted by Gasteiger charge is 2.18. The molecule has 3 aromatic rings. The van der Waals surface area contributed by atoms with Crippen molar-refractivity contribution in [3.05, 3.63) is 59.9 Å². The lowest BCUT2D eigenvalue weighted by molar-refractivity contribution is -0.113. The molecule has 0 atom stereocenters. The number of rotatable bonds is 6. The van der Waals surface area contributed by atoms with Crippen molar-refractivity contribution in [1.29, 1.82) is 0 Å². The molecule has 6 nitrogen and oxygen atoms in total. The van der Waals surface area contributed by atoms with Crippen LogP contribution >= 0.6 is 11.8 Å². The molecule has 0 fully saturated rings. The average Bonchev–Trinajstić information content (AvgIpc) is 2.66. The number of halogens is 1. The Morgan fingerprint density at radius 1 is 1.17 bits per heavy atom. The maximum Gasteiger partial charge on any atom is 0.242 e. The maximum atomic E-state index is 13.2. The number of aryl methyl sites for hydroxylation is 1. The number of nitrogens with zero attached hydrogens (tertiary/aromatic N) is 2. The van der Waals surface area contributed by atoms with Crippen LogP contribution in [0, 0.1) is 12.7 Å². The molecule has 9 heteroatoms. The first-order chi connectivity index (χ1) is 13.7. The SMILES string of the molecule is Cc1cc(SCC(=O)Nc2cccc(F)c2)nc2ccc(S(=O)(=O)N(C)C)cc12. The Hall–Kier alpha value is -2.49. The zero-order valence-corrected chi connectivity index (χ0v) is 17.8. The smallest absolute Gasteiger partial charge is 0.242 e. The second kappa shape index (κ2) is 8.48. The molecule has 0 saturated carbocycles. The molecule has 152 valence electrons. The third-order valence-corrected chi connectivity index (χ3v) is 6.92. The fourth-order valence-electron chi connectivity index (χ4n) is 2.69. The molecule has 0 saturated heterocycles. The predicted molar refractivity (Wildman–Crippen MR) is 113 cm³/mol. The summed E-state index contributed by atoms with van der Waals surface area (Å²) in [4.78, 5) is 16.8. The third-order valence-electron chi connectivity index (χ3n) is 4.20. The topological polar surface area (TPSA) is 79.4 Å². The Kier molecular flexibility index (Phi) is 6.21. The van der Waals surface area contributed by atoms with Gasteiger partial charge in [-0.2, -0.15) is 0 Å². The van der Waals surface area contributed by atoms with Gasteiger partial charge in [0.15, 0.2) is 0 Å². The quantitative estimate of drug-likeness (QED) is 0.600. The molecule has 0 radical (unpaired) electrons. The largest absolute Gasteiger partial charge is 0.325 e. The van der Waals surface area contributed by atoms with Gasteiger partial charge in [-0.1, -0.05) is 17.8 Å². The van der Waals surface area contributed by atoms with Crippen LogP contribution in [0.2, 0.25) is 0 Å². The highest BCUT2D eigenvalue weighted by molar-refractivity contribution is 7.99. The molecule has 0 aliphatic carbocycles. The molecule has 29 heavy (non-hydrogen) atoms. The normalized spacial score (nSPS) is 11.8. The number of pyridine rings is 1. The number of nitrogens with one attached hydrogen (secondary N) is 1. The number of benzene rings is 2. The van der Waals surface area contributed by atoms with Crippen LogP contribution in [-0.4, -0.2) is 43.5 Å². The average molecular weight is 434 g/mol. The van der Waals surface area contributed by atoms with Gasteiger partial charge in [0.1, 0.15) is 5.82 Å². The minimum atomic E-state index is -3.53. The summed E-state index contributed by atoms with van der Waals surface area (Å²) in [6.07, 6.45) is 0. The van der Waals surface area contributed by atoms with Crippen molar-refractivity contribution < 1.29 is 17.6 Å². The van der Waals surface area contributed by atoms with Gasteiger partial charge in [-0.25, -0.2) is 22.1 Å². The van der Waals surface area contributed by atoms with Crippen molar-refractivity contribution in [3.63, 3.8) is 0 Å². The Morgan fingerprint density at radius 3 is 2.62 bits per heavy atom. The molecular formula is C20H20FN3O3S2. The highest BCUT2D eigenvalue weighted by Crippen LogP contribution is 2.26. The summed E-state index contributed by atoms with van der Waals surface area (Å²) in [6.45, 7) is 1.87. The van der Waals surface area contributed by atoms with E-state index < -0.39 is 15.8 Å². The zero-order chi connectivity index (χ0) is 21.2. The first-order valence-corrected chi connectivity index (χ1v) is 11.1. The van der Waals surface area contributed by atoms with Gasteiger partial charge in [0, 0.05) is 25.2 Å². The summed E-state index contributed by atoms with van der Waals surface area (Å²) < 4.78 is 39.0. The molecule has 0 aliphatic rings. The minimum absolute atomic E-state index is 0.113. The van der Waals surface area contributed by atoms with Crippen molar-refractivity contribution in [1.82, 2.24) is 9.29 Å². The van der Waals surface area contributed by atoms with Crippen molar-refractivity contribution in [2.24, 2.45) is 0 Å². The summed E-state index contributed by atoms with van der Waals surface area (Å²) in [6, 6.07) is 12.3. The van der Waals surface area contributed by atoms with E-state index in [2.05, 4.69) is 10.3 Å². The molecule has 0 bridgehead atoms. The van der Waals surface area contributed by atoms with E-state index >= 15 is 0 Å². The highest BCUT2D eigenvalue weighted by atomic mass is 32.2. The molecule has 1 amide bonds. The van der Waals surface area contributed by atoms with E-state index in [1.54, 1.807) is 18.2 Å². The van der Waals surface area contributed by atoms with Gasteiger partial charge in [0.05, 0.1) is 21.2 Å². The van der Waals surface area contributed by atoms with E-state index in [9.17, 15) is 17.6 Å². The second-order valence-corrected chi connectivity index (χ2v) is 9.74. The Balaban J connectivity index is 1.76. The molecule has 0 unspecified atom stereocenters. The summed E-state index contributed by atoms with van der Waals surface area (Å²) in [5, 5.41) is 4.02. The molecular weight excluding hydrogens is 413 g/mol. The summed E-state index contributed by atoms with van der Waals surface area (Å²) in [5.74, 6) is -0.577. The second-order valence-electron chi connectivity index (χ2n) is 6.59. The number of sulfonamides is 1. The lowest BCUT2D eigenvalue weighted by atomic mass is 10.1. The molecule has 0 spiro atoms. The number of carbonyl (C=O) groups is 1. The molecule has 1 N–H and O–H groups in total. The van der Waals surface area contributed by atoms with E-state index in [-0.39, 0.29) is 16.6 Å². The van der Waals surface area contributed by atoms with E-state index in [1.807, 2.05) is 13.0 Å². The third kappa shape index (κ3) is 4.92. The number of hydrogen-bond donors (Lipinski definition) is 1. The van der Waals surface area contributed by atoms with Crippen molar-refractivity contribution >= 4 is 44.3 Å². The van der Waals surface area contributed by atoms with Crippen LogP contribution in [0.5, 0.6) is 0 Å². The summed E-state index contributed by atoms with van der Waals surface area (Å²) >= 11 is 1.25. The standard InChI is InChI=1S/C20H20FN3O3S2/c1-13-9-20(28-12-19(25)22-15-6-4-5-14(21)10-15)23-18-8-7-16(11-17(13)18)29(26,27)24(2)3/h4-11H,12H2,1-3H3,(H,22,25). The van der Waals surface area contributed by atoms with Crippen molar-refractivity contribution in [3.8, 4) is 0 Å². The van der Waals surface area contributed by atoms with E-state index in [0.717, 1.165) is 10.9 Å². The number of fused-ring (bicyclic) bond motifs is 1. The molecule has 1 heterocycles. The number of anilines is 1. The lowest BCUT2D eigenvalue weighted by Crippen LogP contribution is -2.22. The van der Waals surface area contributed by atoms with Crippen LogP contribution in [0.1, 0.15) is 5.56 Å². The fraction of sp³-hybridized carbons (Fsp3) is 0.200. The van der Waals surface area contributed by atoms with Gasteiger partial charge in [-0.05, 0) is 55.0 Å². The molecule has 2 aromatic carbocycles. The first-order valence-electron chi connectivity index (χ1n) is 8.69. The van der Waals surface area contributed by atoms with Gasteiger partial charge in [-0.3, -0.25) is 4.79 Å². The molecule has 3 rings (SSSR count). The Bertz CT molecular complexity index is 1180. The van der Waals surface area contributed by atoms with Gasteiger partial charge in [0.25, 0.3) is 0 Å². The van der Waals surface area contributed by atoms with Crippen LogP contribution in [0.4, 0.5) is 10.1 Å². The monoisotopic (exact) mass is 433 g/mol. The van der Waals surface area contributed by atoms with Gasteiger partial charge < -0.3 is 5.32 Å². The first kappa shape index (κ1) is 21.2. The van der Waals surface area contributed by atoms with Crippen LogP contribution < -0.4 is 5.32 Å². The number of carbonyl (C=O) groups excluding carboxylic acids is 1. The van der Waals surface area contributed by atoms with Crippen LogP contribution in [0.3, 0.4) is 0 Å². The van der Waals surface area contributed by atoms with Crippen LogP contribution in [0.15, 0.2) is 58.5 Å². The number of thioether (sulfide) groups is 1. The summed E-state index contributed by atoms with van der Waals surface area (Å²) in [5.41, 5.74) is 1.91. The maximum absolute atomic E-state index is 13.2. The van der Waals surface area contributed by atoms with Crippen molar-refractivity contribution in [2.75, 3.05) is 25.2 Å². The van der Waals surface area contributed by atoms with Gasteiger partial charge in [-0.15, -0.1) is 0 Å². The van der Waals surface area contributed by atoms with Crippen LogP contribution in [-0.2, 0) is 14.8 Å². The Morgan fingerprint density at radius 2 is 1.93 bits per heavy atom. The number of hydrogen-bond acceptors (Lipinski definition) is 5. The van der Waals surface area contributed by atoms with E-state index in [0.29, 0.717) is 16.2 Å². The predicted octanol–water partition coefficient (Wildman–Crippen LogP) is 3.66. The van der Waals surface area contributed by atoms with Crippen LogP contribution in [0.25, 0.3) is 10.9 Å². The van der Waals surface area contributed by atoms with Crippen molar-refractivity contribution in [2.45, 2.75) is 16.8 Å². The van der Waals surface area contributed by atoms with E-state index in [4.69, 9.17) is 0 Å². The van der Waals surface area contributed by atoms with Gasteiger partial charge in [0.2, 0.25) is 15.9 Å². The molecule has 0 aliphatic heterocycles. The van der Waals surface area contributed by atoms with E-state index in [1.165, 1.54) is 54.4 Å². The summed E-state index contributed by atoms with van der Waals surface area (Å²) in [7, 11) is -0.558. The van der Waals surface area contributed by atoms with Gasteiger partial charge >= 0.3 is 0 Å². The molecule has 1 aromatic heterocycles. The number of amides is 1.